The average molecular weight is 260 g/mol. The van der Waals surface area contributed by atoms with Gasteiger partial charge in [-0.05, 0) is 30.0 Å². The lowest BCUT2D eigenvalue weighted by Crippen LogP contribution is -2.37. The molecule has 1 unspecified atom stereocenters. The number of fused-ring (bicyclic) bond motifs is 1. The summed E-state index contributed by atoms with van der Waals surface area (Å²) >= 11 is 0. The van der Waals surface area contributed by atoms with Crippen molar-refractivity contribution >= 4 is 0 Å². The van der Waals surface area contributed by atoms with Crippen molar-refractivity contribution in [2.24, 2.45) is 5.73 Å². The van der Waals surface area contributed by atoms with Gasteiger partial charge in [0, 0.05) is 25.0 Å². The molecule has 3 heteroatoms. The fourth-order valence-electron chi connectivity index (χ4n) is 3.28. The molecule has 0 spiro atoms. The van der Waals surface area contributed by atoms with E-state index in [0.717, 1.165) is 18.8 Å². The third kappa shape index (κ3) is 2.93. The molecule has 1 aromatic carbocycles. The van der Waals surface area contributed by atoms with Gasteiger partial charge in [-0.1, -0.05) is 31.4 Å². The van der Waals surface area contributed by atoms with Crippen LogP contribution in [0.5, 0.6) is 5.75 Å². The summed E-state index contributed by atoms with van der Waals surface area (Å²) in [4.78, 5) is 0. The Morgan fingerprint density at radius 2 is 2.11 bits per heavy atom. The maximum Gasteiger partial charge on any atom is 0.122 e. The summed E-state index contributed by atoms with van der Waals surface area (Å²) in [5, 5.41) is 3.75. The number of ether oxygens (including phenoxy) is 1. The van der Waals surface area contributed by atoms with E-state index >= 15 is 0 Å². The van der Waals surface area contributed by atoms with Crippen molar-refractivity contribution in [3.8, 4) is 5.75 Å². The Bertz CT molecular complexity index is 427. The van der Waals surface area contributed by atoms with Crippen molar-refractivity contribution < 1.29 is 4.74 Å². The van der Waals surface area contributed by atoms with Crippen molar-refractivity contribution in [3.63, 3.8) is 0 Å². The smallest absolute Gasteiger partial charge is 0.122 e. The van der Waals surface area contributed by atoms with Gasteiger partial charge in [-0.25, -0.2) is 0 Å². The zero-order chi connectivity index (χ0) is 13.1. The van der Waals surface area contributed by atoms with Gasteiger partial charge in [0.2, 0.25) is 0 Å². The van der Waals surface area contributed by atoms with Crippen LogP contribution in [-0.2, 0) is 6.42 Å². The van der Waals surface area contributed by atoms with Crippen LogP contribution in [0.3, 0.4) is 0 Å². The molecule has 0 bridgehead atoms. The van der Waals surface area contributed by atoms with Crippen LogP contribution in [0.15, 0.2) is 18.2 Å². The van der Waals surface area contributed by atoms with E-state index in [1.807, 2.05) is 0 Å². The van der Waals surface area contributed by atoms with E-state index in [-0.39, 0.29) is 6.04 Å². The topological polar surface area (TPSA) is 47.3 Å². The highest BCUT2D eigenvalue weighted by Gasteiger charge is 2.20. The molecule has 0 saturated heterocycles. The van der Waals surface area contributed by atoms with Gasteiger partial charge >= 0.3 is 0 Å². The molecule has 1 aliphatic carbocycles. The lowest BCUT2D eigenvalue weighted by molar-refractivity contribution is 0.340. The molecule has 1 fully saturated rings. The molecule has 104 valence electrons. The van der Waals surface area contributed by atoms with Crippen molar-refractivity contribution in [1.82, 2.24) is 5.32 Å². The number of nitrogens with two attached hydrogens (primary N) is 1. The quantitative estimate of drug-likeness (QED) is 0.874. The van der Waals surface area contributed by atoms with E-state index in [2.05, 4.69) is 23.5 Å². The van der Waals surface area contributed by atoms with E-state index < -0.39 is 0 Å². The first-order valence-electron chi connectivity index (χ1n) is 7.58. The Kier molecular flexibility index (Phi) is 4.04. The number of nitrogens with one attached hydrogen (secondary N) is 1. The largest absolute Gasteiger partial charge is 0.493 e. The Labute approximate surface area is 115 Å². The minimum absolute atomic E-state index is 0.286. The van der Waals surface area contributed by atoms with E-state index in [1.54, 1.807) is 0 Å². The summed E-state index contributed by atoms with van der Waals surface area (Å²) in [5.74, 6) is 1.05. The molecule has 1 saturated carbocycles. The first-order valence-corrected chi connectivity index (χ1v) is 7.58. The van der Waals surface area contributed by atoms with Crippen LogP contribution < -0.4 is 15.8 Å². The molecule has 1 aliphatic heterocycles. The second kappa shape index (κ2) is 5.93. The maximum atomic E-state index is 5.97. The van der Waals surface area contributed by atoms with Crippen LogP contribution in [0.2, 0.25) is 0 Å². The van der Waals surface area contributed by atoms with Gasteiger partial charge in [-0.15, -0.1) is 0 Å². The first-order chi connectivity index (χ1) is 9.36. The van der Waals surface area contributed by atoms with Crippen molar-refractivity contribution in [3.05, 3.63) is 29.3 Å². The third-order valence-corrected chi connectivity index (χ3v) is 4.39. The van der Waals surface area contributed by atoms with Crippen molar-refractivity contribution in [2.75, 3.05) is 13.2 Å². The standard InChI is InChI=1S/C16H24N2O/c17-11-15(18-14-4-2-1-3-5-14)12-6-7-16-13(10-12)8-9-19-16/h6-7,10,14-15,18H,1-5,8-9,11,17H2. The number of hydrogen-bond donors (Lipinski definition) is 2. The van der Waals surface area contributed by atoms with Crippen molar-refractivity contribution in [2.45, 2.75) is 50.6 Å². The Morgan fingerprint density at radius 3 is 2.89 bits per heavy atom. The second-order valence-electron chi connectivity index (χ2n) is 5.76. The molecule has 3 N–H and O–H groups in total. The van der Waals surface area contributed by atoms with Crippen LogP contribution >= 0.6 is 0 Å². The summed E-state index contributed by atoms with van der Waals surface area (Å²) in [6.45, 7) is 1.48. The van der Waals surface area contributed by atoms with E-state index in [1.165, 1.54) is 43.2 Å². The van der Waals surface area contributed by atoms with Crippen LogP contribution in [0.4, 0.5) is 0 Å². The molecule has 0 aromatic heterocycles. The number of benzene rings is 1. The van der Waals surface area contributed by atoms with Crippen LogP contribution in [0, 0.1) is 0 Å². The van der Waals surface area contributed by atoms with E-state index in [9.17, 15) is 0 Å². The van der Waals surface area contributed by atoms with Gasteiger partial charge in [0.25, 0.3) is 0 Å². The maximum absolute atomic E-state index is 5.97. The van der Waals surface area contributed by atoms with E-state index in [4.69, 9.17) is 10.5 Å². The highest BCUT2D eigenvalue weighted by Crippen LogP contribution is 2.29. The van der Waals surface area contributed by atoms with Crippen LogP contribution in [0.1, 0.15) is 49.3 Å². The fraction of sp³-hybridized carbons (Fsp3) is 0.625. The minimum atomic E-state index is 0.286. The molecule has 1 atom stereocenters. The van der Waals surface area contributed by atoms with Crippen LogP contribution in [0.25, 0.3) is 0 Å². The normalized spacial score (nSPS) is 20.9. The van der Waals surface area contributed by atoms with Gasteiger partial charge < -0.3 is 15.8 Å². The van der Waals surface area contributed by atoms with Gasteiger partial charge in [0.15, 0.2) is 0 Å². The Hall–Kier alpha value is -1.06. The third-order valence-electron chi connectivity index (χ3n) is 4.39. The van der Waals surface area contributed by atoms with Crippen LogP contribution in [-0.4, -0.2) is 19.2 Å². The SMILES string of the molecule is NCC(NC1CCCCC1)c1ccc2c(c1)CCO2. The predicted octanol–water partition coefficient (Wildman–Crippen LogP) is 2.54. The summed E-state index contributed by atoms with van der Waals surface area (Å²) in [5.41, 5.74) is 8.63. The molecule has 19 heavy (non-hydrogen) atoms. The highest BCUT2D eigenvalue weighted by atomic mass is 16.5. The highest BCUT2D eigenvalue weighted by molar-refractivity contribution is 5.40. The zero-order valence-electron chi connectivity index (χ0n) is 11.5. The molecule has 3 nitrogen and oxygen atoms in total. The Balaban J connectivity index is 1.70. The van der Waals surface area contributed by atoms with Gasteiger partial charge in [-0.2, -0.15) is 0 Å². The zero-order valence-corrected chi connectivity index (χ0v) is 11.5. The predicted molar refractivity (Wildman–Crippen MR) is 77.4 cm³/mol. The Morgan fingerprint density at radius 1 is 1.26 bits per heavy atom. The molecule has 0 amide bonds. The van der Waals surface area contributed by atoms with Gasteiger partial charge in [0.05, 0.1) is 6.61 Å². The average Bonchev–Trinajstić information content (AvgIpc) is 2.93. The van der Waals surface area contributed by atoms with Crippen molar-refractivity contribution in [1.29, 1.82) is 0 Å². The summed E-state index contributed by atoms with van der Waals surface area (Å²) in [7, 11) is 0. The summed E-state index contributed by atoms with van der Waals surface area (Å²) < 4.78 is 5.57. The number of hydrogen-bond acceptors (Lipinski definition) is 3. The molecular weight excluding hydrogens is 236 g/mol. The molecule has 2 aliphatic rings. The molecule has 0 radical (unpaired) electrons. The fourth-order valence-corrected chi connectivity index (χ4v) is 3.28. The second-order valence-corrected chi connectivity index (χ2v) is 5.76. The van der Waals surface area contributed by atoms with Gasteiger partial charge in [-0.3, -0.25) is 0 Å². The summed E-state index contributed by atoms with van der Waals surface area (Å²) in [6, 6.07) is 7.47. The molecule has 3 rings (SSSR count). The number of rotatable bonds is 4. The summed E-state index contributed by atoms with van der Waals surface area (Å²) in [6.07, 6.45) is 7.72. The van der Waals surface area contributed by atoms with Gasteiger partial charge in [0.1, 0.15) is 5.75 Å². The molecular formula is C16H24N2O. The monoisotopic (exact) mass is 260 g/mol. The van der Waals surface area contributed by atoms with E-state index in [0.29, 0.717) is 12.6 Å². The minimum Gasteiger partial charge on any atom is -0.493 e. The first kappa shape index (κ1) is 12.9. The molecule has 1 heterocycles. The molecule has 1 aromatic rings. The lowest BCUT2D eigenvalue weighted by atomic mass is 9.93. The lowest BCUT2D eigenvalue weighted by Gasteiger charge is -2.28.